The Kier molecular flexibility index (Phi) is 7.36. The first-order valence-corrected chi connectivity index (χ1v) is 8.95. The van der Waals surface area contributed by atoms with Crippen molar-refractivity contribution in [2.75, 3.05) is 19.0 Å². The van der Waals surface area contributed by atoms with Gasteiger partial charge in [-0.15, -0.1) is 0 Å². The molecule has 0 heterocycles. The van der Waals surface area contributed by atoms with Gasteiger partial charge < -0.3 is 14.8 Å². The minimum atomic E-state index is -0.393. The average Bonchev–Trinajstić information content (AvgIpc) is 2.63. The van der Waals surface area contributed by atoms with Crippen LogP contribution in [-0.2, 0) is 4.79 Å². The number of ether oxygens (including phenoxy) is 2. The van der Waals surface area contributed by atoms with E-state index in [0.29, 0.717) is 29.4 Å². The van der Waals surface area contributed by atoms with Gasteiger partial charge in [0.05, 0.1) is 24.4 Å². The summed E-state index contributed by atoms with van der Waals surface area (Å²) >= 11 is 3.44. The van der Waals surface area contributed by atoms with Crippen molar-refractivity contribution < 1.29 is 19.1 Å². The number of hydrogen-bond acceptors (Lipinski definition) is 5. The first-order chi connectivity index (χ1) is 12.9. The maximum absolute atomic E-state index is 12.2. The molecule has 2 aromatic carbocycles. The molecule has 2 rings (SSSR count). The van der Waals surface area contributed by atoms with E-state index in [2.05, 4.69) is 31.8 Å². The Morgan fingerprint density at radius 2 is 2.04 bits per heavy atom. The lowest BCUT2D eigenvalue weighted by Crippen LogP contribution is -2.18. The van der Waals surface area contributed by atoms with Gasteiger partial charge in [0.2, 0.25) is 5.91 Å². The molecule has 0 aliphatic heterocycles. The van der Waals surface area contributed by atoms with Crippen LogP contribution in [0.4, 0.5) is 5.69 Å². The van der Waals surface area contributed by atoms with E-state index in [9.17, 15) is 9.59 Å². The van der Waals surface area contributed by atoms with Crippen molar-refractivity contribution in [2.24, 2.45) is 5.10 Å². The van der Waals surface area contributed by atoms with Gasteiger partial charge in [-0.1, -0.05) is 6.07 Å². The van der Waals surface area contributed by atoms with E-state index in [0.717, 1.165) is 10.0 Å². The Morgan fingerprint density at radius 1 is 1.26 bits per heavy atom. The fraction of sp³-hybridized carbons (Fsp3) is 0.211. The first-order valence-electron chi connectivity index (χ1n) is 8.16. The number of methoxy groups -OCH3 is 1. The summed E-state index contributed by atoms with van der Waals surface area (Å²) in [6.45, 7) is 3.80. The molecule has 0 aromatic heterocycles. The summed E-state index contributed by atoms with van der Waals surface area (Å²) in [5.74, 6) is 0.564. The number of carbonyl (C=O) groups excluding carboxylic acids is 2. The fourth-order valence-electron chi connectivity index (χ4n) is 2.27. The third kappa shape index (κ3) is 5.82. The Bertz CT molecular complexity index is 868. The zero-order valence-corrected chi connectivity index (χ0v) is 16.8. The molecule has 0 aliphatic carbocycles. The third-order valence-corrected chi connectivity index (χ3v) is 3.95. The average molecular weight is 434 g/mol. The second-order valence-electron chi connectivity index (χ2n) is 5.43. The van der Waals surface area contributed by atoms with E-state index in [1.165, 1.54) is 13.1 Å². The van der Waals surface area contributed by atoms with Crippen molar-refractivity contribution in [1.29, 1.82) is 0 Å². The zero-order valence-electron chi connectivity index (χ0n) is 15.2. The van der Waals surface area contributed by atoms with Crippen LogP contribution in [0.3, 0.4) is 0 Å². The number of amides is 2. The number of anilines is 1. The van der Waals surface area contributed by atoms with Crippen molar-refractivity contribution >= 4 is 39.6 Å². The van der Waals surface area contributed by atoms with Gasteiger partial charge in [-0.25, -0.2) is 5.43 Å². The number of hydrogen-bond donors (Lipinski definition) is 2. The van der Waals surface area contributed by atoms with Gasteiger partial charge in [-0.05, 0) is 58.7 Å². The lowest BCUT2D eigenvalue weighted by molar-refractivity contribution is -0.114. The van der Waals surface area contributed by atoms with Gasteiger partial charge in [0.15, 0.2) is 11.5 Å². The molecule has 2 N–H and O–H groups in total. The SMILES string of the molecule is CCOc1c(Br)cc(C=NNC(=O)c2cccc(NC(C)=O)c2)cc1OC. The normalized spacial score (nSPS) is 10.5. The van der Waals surface area contributed by atoms with E-state index in [1.54, 1.807) is 43.5 Å². The summed E-state index contributed by atoms with van der Waals surface area (Å²) in [6.07, 6.45) is 1.50. The van der Waals surface area contributed by atoms with Crippen molar-refractivity contribution in [3.05, 3.63) is 52.0 Å². The molecule has 0 bridgehead atoms. The number of halogens is 1. The molecular formula is C19H20BrN3O4. The number of carbonyl (C=O) groups is 2. The molecule has 27 heavy (non-hydrogen) atoms. The highest BCUT2D eigenvalue weighted by Gasteiger charge is 2.11. The van der Waals surface area contributed by atoms with Crippen molar-refractivity contribution in [1.82, 2.24) is 5.43 Å². The van der Waals surface area contributed by atoms with Crippen LogP contribution in [0.2, 0.25) is 0 Å². The van der Waals surface area contributed by atoms with E-state index in [1.807, 2.05) is 6.92 Å². The second kappa shape index (κ2) is 9.72. The lowest BCUT2D eigenvalue weighted by Gasteiger charge is -2.12. The van der Waals surface area contributed by atoms with E-state index in [-0.39, 0.29) is 5.91 Å². The van der Waals surface area contributed by atoms with Crippen LogP contribution in [0.5, 0.6) is 11.5 Å². The van der Waals surface area contributed by atoms with Crippen LogP contribution in [-0.4, -0.2) is 31.7 Å². The predicted molar refractivity (Wildman–Crippen MR) is 108 cm³/mol. The highest BCUT2D eigenvalue weighted by atomic mass is 79.9. The number of hydrazone groups is 1. The minimum absolute atomic E-state index is 0.208. The van der Waals surface area contributed by atoms with Crippen LogP contribution in [0.1, 0.15) is 29.8 Å². The summed E-state index contributed by atoms with van der Waals surface area (Å²) in [4.78, 5) is 23.3. The fourth-order valence-corrected chi connectivity index (χ4v) is 2.84. The molecule has 0 spiro atoms. The molecule has 0 radical (unpaired) electrons. The monoisotopic (exact) mass is 433 g/mol. The topological polar surface area (TPSA) is 89.0 Å². The highest BCUT2D eigenvalue weighted by molar-refractivity contribution is 9.10. The largest absolute Gasteiger partial charge is 0.493 e. The summed E-state index contributed by atoms with van der Waals surface area (Å²) in [5, 5.41) is 6.60. The maximum atomic E-state index is 12.2. The maximum Gasteiger partial charge on any atom is 0.271 e. The Labute approximate surface area is 165 Å². The summed E-state index contributed by atoms with van der Waals surface area (Å²) in [7, 11) is 1.55. The second-order valence-corrected chi connectivity index (χ2v) is 6.28. The molecule has 142 valence electrons. The lowest BCUT2D eigenvalue weighted by atomic mass is 10.2. The van der Waals surface area contributed by atoms with Crippen LogP contribution < -0.4 is 20.2 Å². The van der Waals surface area contributed by atoms with Gasteiger partial charge in [-0.3, -0.25) is 9.59 Å². The molecule has 8 heteroatoms. The summed E-state index contributed by atoms with van der Waals surface area (Å²) < 4.78 is 11.6. The van der Waals surface area contributed by atoms with Crippen LogP contribution >= 0.6 is 15.9 Å². The first kappa shape index (κ1) is 20.4. The minimum Gasteiger partial charge on any atom is -0.493 e. The number of nitrogens with zero attached hydrogens (tertiary/aromatic N) is 1. The highest BCUT2D eigenvalue weighted by Crippen LogP contribution is 2.36. The molecule has 0 fully saturated rings. The van der Waals surface area contributed by atoms with Crippen molar-refractivity contribution in [2.45, 2.75) is 13.8 Å². The van der Waals surface area contributed by atoms with E-state index >= 15 is 0 Å². The quantitative estimate of drug-likeness (QED) is 0.515. The van der Waals surface area contributed by atoms with Crippen molar-refractivity contribution in [3.63, 3.8) is 0 Å². The predicted octanol–water partition coefficient (Wildman–Crippen LogP) is 3.58. The van der Waals surface area contributed by atoms with Crippen molar-refractivity contribution in [3.8, 4) is 11.5 Å². The molecule has 2 aromatic rings. The third-order valence-electron chi connectivity index (χ3n) is 3.37. The van der Waals surface area contributed by atoms with Gasteiger partial charge in [0.25, 0.3) is 5.91 Å². The molecule has 0 saturated heterocycles. The molecular weight excluding hydrogens is 414 g/mol. The molecule has 7 nitrogen and oxygen atoms in total. The smallest absolute Gasteiger partial charge is 0.271 e. The van der Waals surface area contributed by atoms with Gasteiger partial charge in [-0.2, -0.15) is 5.10 Å². The Balaban J connectivity index is 2.10. The van der Waals surface area contributed by atoms with Crippen LogP contribution in [0, 0.1) is 0 Å². The number of nitrogens with one attached hydrogen (secondary N) is 2. The van der Waals surface area contributed by atoms with Gasteiger partial charge in [0, 0.05) is 18.2 Å². The van der Waals surface area contributed by atoms with Gasteiger partial charge in [0.1, 0.15) is 0 Å². The molecule has 2 amide bonds. The number of rotatable bonds is 7. The van der Waals surface area contributed by atoms with Crippen LogP contribution in [0.25, 0.3) is 0 Å². The summed E-state index contributed by atoms with van der Waals surface area (Å²) in [6, 6.07) is 10.1. The standard InChI is InChI=1S/C19H20BrN3O4/c1-4-27-18-16(20)8-13(9-17(18)26-3)11-21-23-19(25)14-6-5-7-15(10-14)22-12(2)24/h5-11H,4H2,1-3H3,(H,22,24)(H,23,25). The van der Waals surface area contributed by atoms with E-state index in [4.69, 9.17) is 9.47 Å². The Hall–Kier alpha value is -2.87. The Morgan fingerprint density at radius 3 is 2.70 bits per heavy atom. The zero-order chi connectivity index (χ0) is 19.8. The molecule has 0 unspecified atom stereocenters. The molecule has 0 saturated carbocycles. The molecule has 0 atom stereocenters. The van der Waals surface area contributed by atoms with Crippen LogP contribution in [0.15, 0.2) is 46.0 Å². The van der Waals surface area contributed by atoms with E-state index < -0.39 is 5.91 Å². The number of benzene rings is 2. The van der Waals surface area contributed by atoms with Gasteiger partial charge >= 0.3 is 0 Å². The summed E-state index contributed by atoms with van der Waals surface area (Å²) in [5.41, 5.74) is 4.09. The molecule has 0 aliphatic rings.